The van der Waals surface area contributed by atoms with Gasteiger partial charge in [0.05, 0.1) is 0 Å². The van der Waals surface area contributed by atoms with Crippen LogP contribution >= 0.6 is 0 Å². The smallest absolute Gasteiger partial charge is 0.000742 e. The summed E-state index contributed by atoms with van der Waals surface area (Å²) in [7, 11) is 0. The Labute approximate surface area is 168 Å². The van der Waals surface area contributed by atoms with Crippen LogP contribution in [0.2, 0.25) is 0 Å². The van der Waals surface area contributed by atoms with Crippen LogP contribution in [0.3, 0.4) is 0 Å². The van der Waals surface area contributed by atoms with E-state index in [1.165, 1.54) is 70.2 Å². The quantitative estimate of drug-likeness (QED) is 0.187. The third kappa shape index (κ3) is 1.80. The summed E-state index contributed by atoms with van der Waals surface area (Å²) in [5.74, 6) is 0. The monoisotopic (exact) mass is 366 g/mol. The van der Waals surface area contributed by atoms with Crippen LogP contribution in [-0.4, -0.2) is 0 Å². The van der Waals surface area contributed by atoms with Crippen molar-refractivity contribution in [1.29, 1.82) is 0 Å². The fourth-order valence-corrected chi connectivity index (χ4v) is 5.49. The summed E-state index contributed by atoms with van der Waals surface area (Å²) >= 11 is 0. The van der Waals surface area contributed by atoms with Crippen LogP contribution in [-0.2, 0) is 0 Å². The van der Waals surface area contributed by atoms with Gasteiger partial charge in [-0.25, -0.2) is 0 Å². The van der Waals surface area contributed by atoms with Gasteiger partial charge >= 0.3 is 0 Å². The first-order valence-corrected chi connectivity index (χ1v) is 10.2. The normalized spacial score (nSPS) is 12.3. The Balaban J connectivity index is 2.02. The molecule has 0 aromatic heterocycles. The second-order valence-electron chi connectivity index (χ2n) is 8.16. The average Bonchev–Trinajstić information content (AvgIpc) is 2.78. The number of fused-ring (bicyclic) bond motifs is 8. The summed E-state index contributed by atoms with van der Waals surface area (Å²) in [5.41, 5.74) is 1.33. The lowest BCUT2D eigenvalue weighted by molar-refractivity contribution is 1.54. The molecule has 0 aliphatic rings. The molecule has 0 spiro atoms. The highest BCUT2D eigenvalue weighted by Crippen LogP contribution is 2.47. The largest absolute Gasteiger partial charge is 0.0616 e. The van der Waals surface area contributed by atoms with Gasteiger partial charge in [-0.15, -0.1) is 0 Å². The molecule has 7 aromatic carbocycles. The van der Waals surface area contributed by atoms with Crippen molar-refractivity contribution < 1.29 is 0 Å². The van der Waals surface area contributed by atoms with Crippen molar-refractivity contribution in [3.8, 4) is 0 Å². The predicted octanol–water partition coefficient (Wildman–Crippen LogP) is 8.35. The van der Waals surface area contributed by atoms with Crippen LogP contribution in [0.25, 0.3) is 64.6 Å². The highest BCUT2D eigenvalue weighted by Gasteiger charge is 2.18. The molecule has 0 heteroatoms. The van der Waals surface area contributed by atoms with Gasteiger partial charge in [-0.05, 0) is 83.2 Å². The summed E-state index contributed by atoms with van der Waals surface area (Å²) in [6, 6.07) is 33.7. The van der Waals surface area contributed by atoms with Gasteiger partial charge in [0.1, 0.15) is 0 Å². The van der Waals surface area contributed by atoms with Crippen LogP contribution in [0.4, 0.5) is 0 Å². The van der Waals surface area contributed by atoms with E-state index in [9.17, 15) is 0 Å². The van der Waals surface area contributed by atoms with Crippen LogP contribution in [0.5, 0.6) is 0 Å². The maximum atomic E-state index is 2.43. The SMILES string of the molecule is Cc1cccc2c1cc1c3ccccc3c3cccc4c5ccccc5c2c1c34. The molecule has 0 radical (unpaired) electrons. The van der Waals surface area contributed by atoms with E-state index in [0.717, 1.165) is 0 Å². The molecule has 0 N–H and O–H groups in total. The standard InChI is InChI=1S/C29H18/c1-17-8-6-13-24-25(17)16-26-19-10-3-2-9-18(19)22-14-7-15-23-20-11-4-5-12-21(20)28(24)29(26)27(22)23/h2-16H,1H3. The van der Waals surface area contributed by atoms with Gasteiger partial charge in [-0.2, -0.15) is 0 Å². The molecule has 134 valence electrons. The maximum Gasteiger partial charge on any atom is -0.000742 e. The lowest BCUT2D eigenvalue weighted by atomic mass is 9.83. The number of hydrogen-bond acceptors (Lipinski definition) is 0. The Kier molecular flexibility index (Phi) is 2.77. The van der Waals surface area contributed by atoms with E-state index in [1.807, 2.05) is 0 Å². The van der Waals surface area contributed by atoms with Crippen LogP contribution in [0.1, 0.15) is 5.56 Å². The highest BCUT2D eigenvalue weighted by atomic mass is 14.2. The molecule has 0 unspecified atom stereocenters. The Morgan fingerprint density at radius 3 is 1.38 bits per heavy atom. The molecule has 0 aliphatic carbocycles. The van der Waals surface area contributed by atoms with Gasteiger partial charge in [0.15, 0.2) is 0 Å². The zero-order chi connectivity index (χ0) is 19.1. The molecular formula is C29H18. The Hall–Kier alpha value is -3.64. The third-order valence-electron chi connectivity index (χ3n) is 6.71. The van der Waals surface area contributed by atoms with Gasteiger partial charge in [-0.1, -0.05) is 84.9 Å². The number of aryl methyl sites for hydroxylation is 1. The fraction of sp³-hybridized carbons (Fsp3) is 0.0345. The second-order valence-corrected chi connectivity index (χ2v) is 8.16. The lowest BCUT2D eigenvalue weighted by Gasteiger charge is -2.19. The first kappa shape index (κ1) is 15.3. The van der Waals surface area contributed by atoms with E-state index in [1.54, 1.807) is 0 Å². The Morgan fingerprint density at radius 1 is 0.345 bits per heavy atom. The zero-order valence-electron chi connectivity index (χ0n) is 16.2. The van der Waals surface area contributed by atoms with Crippen molar-refractivity contribution in [1.82, 2.24) is 0 Å². The molecule has 7 rings (SSSR count). The molecule has 29 heavy (non-hydrogen) atoms. The van der Waals surface area contributed by atoms with E-state index in [-0.39, 0.29) is 0 Å². The predicted molar refractivity (Wildman–Crippen MR) is 127 cm³/mol. The van der Waals surface area contributed by atoms with E-state index in [0.29, 0.717) is 0 Å². The summed E-state index contributed by atoms with van der Waals surface area (Å²) < 4.78 is 0. The van der Waals surface area contributed by atoms with Crippen molar-refractivity contribution in [3.05, 3.63) is 96.6 Å². The van der Waals surface area contributed by atoms with Crippen LogP contribution in [0.15, 0.2) is 91.0 Å². The van der Waals surface area contributed by atoms with Crippen LogP contribution < -0.4 is 0 Å². The lowest BCUT2D eigenvalue weighted by Crippen LogP contribution is -1.91. The van der Waals surface area contributed by atoms with Crippen molar-refractivity contribution >= 4 is 64.6 Å². The summed E-state index contributed by atoms with van der Waals surface area (Å²) in [6.07, 6.45) is 0. The summed E-state index contributed by atoms with van der Waals surface area (Å²) in [4.78, 5) is 0. The number of hydrogen-bond donors (Lipinski definition) is 0. The van der Waals surface area contributed by atoms with Crippen molar-refractivity contribution in [3.63, 3.8) is 0 Å². The molecule has 0 aliphatic heterocycles. The molecule has 0 heterocycles. The summed E-state index contributed by atoms with van der Waals surface area (Å²) in [5, 5.41) is 16.4. The van der Waals surface area contributed by atoms with Gasteiger partial charge in [0.2, 0.25) is 0 Å². The highest BCUT2D eigenvalue weighted by molar-refractivity contribution is 6.43. The fourth-order valence-electron chi connectivity index (χ4n) is 5.49. The number of rotatable bonds is 0. The van der Waals surface area contributed by atoms with Gasteiger partial charge in [0, 0.05) is 0 Å². The second kappa shape index (κ2) is 5.24. The van der Waals surface area contributed by atoms with Gasteiger partial charge in [0.25, 0.3) is 0 Å². The van der Waals surface area contributed by atoms with E-state index in [2.05, 4.69) is 97.9 Å². The van der Waals surface area contributed by atoms with Crippen molar-refractivity contribution in [2.45, 2.75) is 6.92 Å². The minimum Gasteiger partial charge on any atom is -0.0616 e. The molecule has 0 fully saturated rings. The Bertz CT molecular complexity index is 1740. The molecule has 0 saturated carbocycles. The molecular weight excluding hydrogens is 348 g/mol. The van der Waals surface area contributed by atoms with Crippen molar-refractivity contribution in [2.24, 2.45) is 0 Å². The van der Waals surface area contributed by atoms with Gasteiger partial charge < -0.3 is 0 Å². The molecule has 0 nitrogen and oxygen atoms in total. The molecule has 7 aromatic rings. The zero-order valence-corrected chi connectivity index (χ0v) is 16.2. The maximum absolute atomic E-state index is 2.43. The van der Waals surface area contributed by atoms with E-state index >= 15 is 0 Å². The third-order valence-corrected chi connectivity index (χ3v) is 6.71. The number of benzene rings is 7. The summed E-state index contributed by atoms with van der Waals surface area (Å²) in [6.45, 7) is 2.23. The molecule has 0 bridgehead atoms. The first-order valence-electron chi connectivity index (χ1n) is 10.2. The topological polar surface area (TPSA) is 0 Å². The van der Waals surface area contributed by atoms with Crippen molar-refractivity contribution in [2.75, 3.05) is 0 Å². The molecule has 0 saturated heterocycles. The molecule has 0 amide bonds. The minimum absolute atomic E-state index is 1.33. The van der Waals surface area contributed by atoms with E-state index in [4.69, 9.17) is 0 Å². The average molecular weight is 366 g/mol. The first-order chi connectivity index (χ1) is 14.3. The Morgan fingerprint density at radius 2 is 0.759 bits per heavy atom. The van der Waals surface area contributed by atoms with E-state index < -0.39 is 0 Å². The van der Waals surface area contributed by atoms with Gasteiger partial charge in [-0.3, -0.25) is 0 Å². The van der Waals surface area contributed by atoms with Crippen LogP contribution in [0, 0.1) is 6.92 Å². The minimum atomic E-state index is 1.33. The molecule has 0 atom stereocenters.